The number of phosphoric ester groups is 1. The molecule has 154 valence electrons. The van der Waals surface area contributed by atoms with Crippen molar-refractivity contribution in [1.82, 2.24) is 20.2 Å². The molecule has 0 fully saturated rings. The number of aromatic nitrogens is 2. The average molecular weight is 432 g/mol. The largest absolute Gasteiger partial charge is 0.480 e. The van der Waals surface area contributed by atoms with Crippen molar-refractivity contribution >= 4 is 27.5 Å². The van der Waals surface area contributed by atoms with Crippen LogP contribution in [0.4, 0.5) is 0 Å². The summed E-state index contributed by atoms with van der Waals surface area (Å²) in [6.45, 7) is 0.909. The molecule has 0 saturated heterocycles. The second-order valence-electron chi connectivity index (χ2n) is 5.22. The predicted octanol–water partition coefficient (Wildman–Crippen LogP) is -1.74. The number of carboxylic acids is 2. The zero-order valence-electron chi connectivity index (χ0n) is 13.6. The SMILES string of the molecule is C[C@@H](OP(=O)(O)O)[C@H](NN([C@@H](Cc1c[nH]cn1)C(=O)O)P(=O)(O)O)C(=O)O. The van der Waals surface area contributed by atoms with E-state index < -0.39 is 52.1 Å². The highest BCUT2D eigenvalue weighted by molar-refractivity contribution is 7.49. The van der Waals surface area contributed by atoms with E-state index >= 15 is 0 Å². The Morgan fingerprint density at radius 3 is 2.22 bits per heavy atom. The Kier molecular flexibility index (Phi) is 7.80. The van der Waals surface area contributed by atoms with Crippen LogP contribution in [0.3, 0.4) is 0 Å². The van der Waals surface area contributed by atoms with E-state index in [2.05, 4.69) is 14.5 Å². The minimum absolute atomic E-state index is 0.106. The van der Waals surface area contributed by atoms with Crippen LogP contribution in [0.25, 0.3) is 0 Å². The van der Waals surface area contributed by atoms with Crippen LogP contribution in [-0.4, -0.2) is 74.7 Å². The molecule has 0 aliphatic heterocycles. The Morgan fingerprint density at radius 1 is 1.26 bits per heavy atom. The van der Waals surface area contributed by atoms with Gasteiger partial charge in [-0.2, -0.15) is 0 Å². The second kappa shape index (κ2) is 9.01. The summed E-state index contributed by atoms with van der Waals surface area (Å²) in [4.78, 5) is 65.6. The Balaban J connectivity index is 3.19. The molecule has 1 aromatic rings. The first-order valence-corrected chi connectivity index (χ1v) is 10.1. The Bertz CT molecular complexity index is 744. The number of aliphatic carboxylic acids is 2. The Labute approximate surface area is 151 Å². The van der Waals surface area contributed by atoms with Gasteiger partial charge in [-0.05, 0) is 6.92 Å². The van der Waals surface area contributed by atoms with Gasteiger partial charge < -0.3 is 34.8 Å². The van der Waals surface area contributed by atoms with Crippen LogP contribution in [-0.2, 0) is 29.7 Å². The zero-order valence-corrected chi connectivity index (χ0v) is 15.4. The maximum absolute atomic E-state index is 11.8. The van der Waals surface area contributed by atoms with Gasteiger partial charge in [0.15, 0.2) is 0 Å². The molecule has 0 saturated carbocycles. The maximum Gasteiger partial charge on any atom is 0.469 e. The van der Waals surface area contributed by atoms with E-state index in [4.69, 9.17) is 9.79 Å². The number of carboxylic acid groups (broad SMARTS) is 2. The molecule has 3 atom stereocenters. The van der Waals surface area contributed by atoms with Crippen molar-refractivity contribution in [2.45, 2.75) is 31.5 Å². The first-order valence-electron chi connectivity index (χ1n) is 7.01. The fourth-order valence-corrected chi connectivity index (χ4v) is 3.38. The first-order chi connectivity index (χ1) is 12.2. The number of imidazole rings is 1. The van der Waals surface area contributed by atoms with Gasteiger partial charge in [0.05, 0.1) is 18.1 Å². The van der Waals surface area contributed by atoms with Crippen LogP contribution in [0.15, 0.2) is 12.5 Å². The monoisotopic (exact) mass is 432 g/mol. The molecule has 27 heavy (non-hydrogen) atoms. The number of hydrogen-bond donors (Lipinski definition) is 8. The molecular formula is C10H18N4O11P2. The van der Waals surface area contributed by atoms with Gasteiger partial charge in [0.1, 0.15) is 12.1 Å². The van der Waals surface area contributed by atoms with Gasteiger partial charge >= 0.3 is 27.5 Å². The van der Waals surface area contributed by atoms with Gasteiger partial charge in [0.25, 0.3) is 0 Å². The van der Waals surface area contributed by atoms with Crippen molar-refractivity contribution in [1.29, 1.82) is 0 Å². The molecular weight excluding hydrogens is 414 g/mol. The molecule has 0 unspecified atom stereocenters. The Hall–Kier alpha value is -1.67. The summed E-state index contributed by atoms with van der Waals surface area (Å²) in [5.41, 5.74) is 1.90. The molecule has 0 bridgehead atoms. The molecule has 1 heterocycles. The Morgan fingerprint density at radius 2 is 1.85 bits per heavy atom. The number of hydrogen-bond acceptors (Lipinski definition) is 7. The summed E-state index contributed by atoms with van der Waals surface area (Å²) < 4.78 is 26.7. The second-order valence-corrected chi connectivity index (χ2v) is 7.87. The molecule has 0 radical (unpaired) electrons. The van der Waals surface area contributed by atoms with Crippen molar-refractivity contribution in [3.63, 3.8) is 0 Å². The van der Waals surface area contributed by atoms with Crippen molar-refractivity contribution in [2.24, 2.45) is 0 Å². The van der Waals surface area contributed by atoms with Crippen LogP contribution >= 0.6 is 15.6 Å². The van der Waals surface area contributed by atoms with E-state index in [0.29, 0.717) is 0 Å². The third-order valence-electron chi connectivity index (χ3n) is 3.13. The fraction of sp³-hybridized carbons (Fsp3) is 0.500. The van der Waals surface area contributed by atoms with Crippen LogP contribution in [0, 0.1) is 0 Å². The van der Waals surface area contributed by atoms with E-state index in [0.717, 1.165) is 6.92 Å². The van der Waals surface area contributed by atoms with E-state index in [1.807, 2.05) is 0 Å². The predicted molar refractivity (Wildman–Crippen MR) is 84.7 cm³/mol. The molecule has 17 heteroatoms. The third-order valence-corrected chi connectivity index (χ3v) is 4.69. The first kappa shape index (κ1) is 23.4. The number of nitrogens with zero attached hydrogens (tertiary/aromatic N) is 2. The number of phosphoric acid groups is 1. The average Bonchev–Trinajstić information content (AvgIpc) is 2.95. The van der Waals surface area contributed by atoms with Crippen LogP contribution in [0.5, 0.6) is 0 Å². The van der Waals surface area contributed by atoms with Gasteiger partial charge in [-0.3, -0.25) is 14.1 Å². The molecule has 1 rings (SSSR count). The summed E-state index contributed by atoms with van der Waals surface area (Å²) in [5.74, 6) is -3.53. The lowest BCUT2D eigenvalue weighted by molar-refractivity contribution is -0.148. The number of carbonyl (C=O) groups is 2. The van der Waals surface area contributed by atoms with Crippen molar-refractivity contribution in [3.8, 4) is 0 Å². The number of rotatable bonds is 11. The van der Waals surface area contributed by atoms with Gasteiger partial charge in [-0.15, -0.1) is 4.78 Å². The minimum Gasteiger partial charge on any atom is -0.480 e. The highest BCUT2D eigenvalue weighted by atomic mass is 31.2. The van der Waals surface area contributed by atoms with E-state index in [9.17, 15) is 38.7 Å². The quantitative estimate of drug-likeness (QED) is 0.143. The highest BCUT2D eigenvalue weighted by Crippen LogP contribution is 2.42. The van der Waals surface area contributed by atoms with E-state index in [-0.39, 0.29) is 10.5 Å². The number of H-pyrrole nitrogens is 1. The van der Waals surface area contributed by atoms with Crippen LogP contribution < -0.4 is 5.43 Å². The number of nitrogens with one attached hydrogen (secondary N) is 2. The number of aromatic amines is 1. The van der Waals surface area contributed by atoms with Crippen LogP contribution in [0.1, 0.15) is 12.6 Å². The van der Waals surface area contributed by atoms with Gasteiger partial charge in [-0.25, -0.2) is 19.5 Å². The van der Waals surface area contributed by atoms with Gasteiger partial charge in [0, 0.05) is 12.6 Å². The molecule has 0 aromatic carbocycles. The maximum atomic E-state index is 11.8. The smallest absolute Gasteiger partial charge is 0.469 e. The fourth-order valence-electron chi connectivity index (χ4n) is 2.01. The topological polar surface area (TPSA) is 243 Å². The summed E-state index contributed by atoms with van der Waals surface area (Å²) >= 11 is 0. The summed E-state index contributed by atoms with van der Waals surface area (Å²) in [5, 5.41) is 18.5. The van der Waals surface area contributed by atoms with E-state index in [1.54, 1.807) is 5.43 Å². The lowest BCUT2D eigenvalue weighted by Crippen LogP contribution is -2.57. The highest BCUT2D eigenvalue weighted by Gasteiger charge is 2.42. The lowest BCUT2D eigenvalue weighted by atomic mass is 10.1. The third kappa shape index (κ3) is 7.46. The molecule has 15 nitrogen and oxygen atoms in total. The minimum atomic E-state index is -5.40. The lowest BCUT2D eigenvalue weighted by Gasteiger charge is -2.33. The summed E-state index contributed by atoms with van der Waals surface area (Å²) in [7, 11) is -10.5. The van der Waals surface area contributed by atoms with Crippen molar-refractivity contribution < 1.29 is 53.0 Å². The summed E-state index contributed by atoms with van der Waals surface area (Å²) in [6.07, 6.45) is 0.135. The van der Waals surface area contributed by atoms with E-state index in [1.165, 1.54) is 12.5 Å². The molecule has 0 aliphatic carbocycles. The molecule has 1 aromatic heterocycles. The zero-order chi connectivity index (χ0) is 21.0. The van der Waals surface area contributed by atoms with Gasteiger partial charge in [0.2, 0.25) is 0 Å². The van der Waals surface area contributed by atoms with Crippen molar-refractivity contribution in [2.75, 3.05) is 0 Å². The number of hydrazine groups is 1. The molecule has 8 N–H and O–H groups in total. The van der Waals surface area contributed by atoms with Gasteiger partial charge in [-0.1, -0.05) is 0 Å². The molecule has 0 amide bonds. The van der Waals surface area contributed by atoms with Crippen molar-refractivity contribution in [3.05, 3.63) is 18.2 Å². The normalized spacial score (nSPS) is 16.1. The van der Waals surface area contributed by atoms with Crippen LogP contribution in [0.2, 0.25) is 0 Å². The molecule has 0 spiro atoms. The standard InChI is InChI=1S/C10H18N4O11P2/c1-5(25-27(22,23)24)8(10(17)18)13-14(26(19,20)21)7(9(15)16)2-6-3-11-4-12-6/h3-5,7-8,13H,2H2,1H3,(H,11,12)(H,15,16)(H,17,18)(H2,19,20,21)(H2,22,23,24)/t5-,7+,8+/m1/s1. The summed E-state index contributed by atoms with van der Waals surface area (Å²) in [6, 6.07) is -4.08. The molecule has 0 aliphatic rings.